The van der Waals surface area contributed by atoms with Gasteiger partial charge in [-0.25, -0.2) is 4.39 Å². The highest BCUT2D eigenvalue weighted by molar-refractivity contribution is 9.10. The molecule has 24 heavy (non-hydrogen) atoms. The second-order valence-electron chi connectivity index (χ2n) is 4.78. The monoisotopic (exact) mass is 414 g/mol. The number of hydrogen-bond donors (Lipinski definition) is 2. The van der Waals surface area contributed by atoms with E-state index in [9.17, 15) is 14.0 Å². The summed E-state index contributed by atoms with van der Waals surface area (Å²) in [5.74, 6) is -1.20. The molecule has 0 saturated heterocycles. The Kier molecular flexibility index (Phi) is 6.16. The molecule has 2 aromatic carbocycles. The zero-order chi connectivity index (χ0) is 17.7. The van der Waals surface area contributed by atoms with Gasteiger partial charge in [0.25, 0.3) is 11.8 Å². The molecule has 2 amide bonds. The zero-order valence-corrected chi connectivity index (χ0v) is 14.8. The minimum absolute atomic E-state index is 0.215. The van der Waals surface area contributed by atoms with Crippen molar-refractivity contribution in [3.8, 4) is 5.75 Å². The van der Waals surface area contributed by atoms with Crippen LogP contribution in [0.3, 0.4) is 0 Å². The average Bonchev–Trinajstić information content (AvgIpc) is 2.54. The largest absolute Gasteiger partial charge is 0.481 e. The van der Waals surface area contributed by atoms with E-state index >= 15 is 0 Å². The van der Waals surface area contributed by atoms with Gasteiger partial charge in [0.05, 0.1) is 10.6 Å². The second-order valence-corrected chi connectivity index (χ2v) is 6.10. The quantitative estimate of drug-likeness (QED) is 0.752. The third kappa shape index (κ3) is 4.94. The second kappa shape index (κ2) is 8.12. The molecule has 0 bridgehead atoms. The fourth-order valence-corrected chi connectivity index (χ4v) is 2.49. The fraction of sp³-hybridized carbons (Fsp3) is 0.125. The number of nitrogens with one attached hydrogen (secondary N) is 2. The van der Waals surface area contributed by atoms with Crippen molar-refractivity contribution in [3.63, 3.8) is 0 Å². The molecule has 0 aromatic heterocycles. The molecule has 2 rings (SSSR count). The number of carbonyl (C=O) groups is 2. The van der Waals surface area contributed by atoms with Crippen molar-refractivity contribution in [2.24, 2.45) is 0 Å². The van der Waals surface area contributed by atoms with Gasteiger partial charge in [-0.3, -0.25) is 20.4 Å². The summed E-state index contributed by atoms with van der Waals surface area (Å²) in [4.78, 5) is 23.9. The molecule has 0 aliphatic carbocycles. The van der Waals surface area contributed by atoms with Crippen LogP contribution in [0.4, 0.5) is 4.39 Å². The van der Waals surface area contributed by atoms with Gasteiger partial charge in [-0.05, 0) is 49.4 Å². The maximum absolute atomic E-state index is 12.8. The number of amides is 2. The Morgan fingerprint density at radius 2 is 1.83 bits per heavy atom. The van der Waals surface area contributed by atoms with Crippen LogP contribution < -0.4 is 15.6 Å². The molecule has 0 heterocycles. The third-order valence-electron chi connectivity index (χ3n) is 2.97. The van der Waals surface area contributed by atoms with Gasteiger partial charge in [0.2, 0.25) is 0 Å². The van der Waals surface area contributed by atoms with E-state index in [0.29, 0.717) is 5.75 Å². The van der Waals surface area contributed by atoms with Gasteiger partial charge in [0.15, 0.2) is 6.10 Å². The maximum atomic E-state index is 12.8. The Hall–Kier alpha value is -2.12. The minimum Gasteiger partial charge on any atom is -0.481 e. The number of hydrazine groups is 1. The van der Waals surface area contributed by atoms with E-state index in [1.807, 2.05) is 0 Å². The normalized spacial score (nSPS) is 11.5. The molecule has 0 aliphatic rings. The molecule has 5 nitrogen and oxygen atoms in total. The smallest absolute Gasteiger partial charge is 0.279 e. The first-order valence-corrected chi connectivity index (χ1v) is 8.01. The number of halogens is 3. The van der Waals surface area contributed by atoms with Crippen LogP contribution in [0, 0.1) is 5.82 Å². The average molecular weight is 416 g/mol. The van der Waals surface area contributed by atoms with Gasteiger partial charge in [-0.1, -0.05) is 27.5 Å². The predicted octanol–water partition coefficient (Wildman–Crippen LogP) is 3.47. The molecule has 0 spiro atoms. The summed E-state index contributed by atoms with van der Waals surface area (Å²) in [5.41, 5.74) is 4.72. The van der Waals surface area contributed by atoms with Crippen LogP contribution >= 0.6 is 27.5 Å². The first-order valence-electron chi connectivity index (χ1n) is 6.84. The van der Waals surface area contributed by atoms with Crippen LogP contribution in [0.15, 0.2) is 46.9 Å². The van der Waals surface area contributed by atoms with Crippen LogP contribution in [0.25, 0.3) is 0 Å². The van der Waals surface area contributed by atoms with Crippen LogP contribution in [0.5, 0.6) is 5.75 Å². The standard InChI is InChI=1S/C16H13BrClFN2O3/c1-9(24-12-5-3-11(19)4-6-12)15(22)20-21-16(23)13-7-2-10(17)8-14(13)18/h2-9H,1H3,(H,20,22)(H,21,23). The predicted molar refractivity (Wildman–Crippen MR) is 91.3 cm³/mol. The molecule has 8 heteroatoms. The van der Waals surface area contributed by atoms with Crippen LogP contribution in [-0.2, 0) is 4.79 Å². The summed E-state index contributed by atoms with van der Waals surface area (Å²) >= 11 is 9.20. The van der Waals surface area contributed by atoms with Gasteiger partial charge >= 0.3 is 0 Å². The zero-order valence-electron chi connectivity index (χ0n) is 12.5. The Labute approximate surface area is 151 Å². The summed E-state index contributed by atoms with van der Waals surface area (Å²) in [6.45, 7) is 1.50. The maximum Gasteiger partial charge on any atom is 0.279 e. The highest BCUT2D eigenvalue weighted by Crippen LogP contribution is 2.21. The van der Waals surface area contributed by atoms with Crippen molar-refractivity contribution in [1.29, 1.82) is 0 Å². The molecule has 0 radical (unpaired) electrons. The first-order chi connectivity index (χ1) is 11.4. The van der Waals surface area contributed by atoms with Gasteiger partial charge < -0.3 is 4.74 Å². The minimum atomic E-state index is -0.892. The van der Waals surface area contributed by atoms with Crippen molar-refractivity contribution in [1.82, 2.24) is 10.9 Å². The summed E-state index contributed by atoms with van der Waals surface area (Å²) in [6.07, 6.45) is -0.892. The SMILES string of the molecule is CC(Oc1ccc(F)cc1)C(=O)NNC(=O)c1ccc(Br)cc1Cl. The first kappa shape index (κ1) is 18.2. The molecule has 0 saturated carbocycles. The number of ether oxygens (including phenoxy) is 1. The molecule has 0 aliphatic heterocycles. The van der Waals surface area contributed by atoms with Crippen molar-refractivity contribution >= 4 is 39.3 Å². The topological polar surface area (TPSA) is 67.4 Å². The van der Waals surface area contributed by atoms with E-state index in [-0.39, 0.29) is 10.6 Å². The summed E-state index contributed by atoms with van der Waals surface area (Å²) in [7, 11) is 0. The summed E-state index contributed by atoms with van der Waals surface area (Å²) in [6, 6.07) is 9.99. The molecule has 1 unspecified atom stereocenters. The highest BCUT2D eigenvalue weighted by atomic mass is 79.9. The van der Waals surface area contributed by atoms with E-state index in [0.717, 1.165) is 4.47 Å². The lowest BCUT2D eigenvalue weighted by molar-refractivity contribution is -0.128. The van der Waals surface area contributed by atoms with Crippen molar-refractivity contribution in [2.45, 2.75) is 13.0 Å². The van der Waals surface area contributed by atoms with E-state index in [1.165, 1.54) is 37.3 Å². The van der Waals surface area contributed by atoms with Crippen LogP contribution in [0.1, 0.15) is 17.3 Å². The van der Waals surface area contributed by atoms with Crippen molar-refractivity contribution in [3.05, 3.63) is 63.3 Å². The lowest BCUT2D eigenvalue weighted by Crippen LogP contribution is -2.47. The van der Waals surface area contributed by atoms with Gasteiger partial charge in [-0.2, -0.15) is 0 Å². The Morgan fingerprint density at radius 3 is 2.46 bits per heavy atom. The summed E-state index contributed by atoms with van der Waals surface area (Å²) < 4.78 is 18.9. The fourth-order valence-electron chi connectivity index (χ4n) is 1.73. The molecule has 1 atom stereocenters. The highest BCUT2D eigenvalue weighted by Gasteiger charge is 2.17. The van der Waals surface area contributed by atoms with Crippen LogP contribution in [-0.4, -0.2) is 17.9 Å². The van der Waals surface area contributed by atoms with E-state index in [4.69, 9.17) is 16.3 Å². The number of carbonyl (C=O) groups excluding carboxylic acids is 2. The molecular weight excluding hydrogens is 403 g/mol. The molecule has 2 aromatic rings. The van der Waals surface area contributed by atoms with E-state index in [1.54, 1.807) is 12.1 Å². The number of hydrogen-bond acceptors (Lipinski definition) is 3. The van der Waals surface area contributed by atoms with Gasteiger partial charge in [0.1, 0.15) is 11.6 Å². The van der Waals surface area contributed by atoms with E-state index in [2.05, 4.69) is 26.8 Å². The van der Waals surface area contributed by atoms with E-state index < -0.39 is 23.7 Å². The Balaban J connectivity index is 1.89. The third-order valence-corrected chi connectivity index (χ3v) is 3.78. The van der Waals surface area contributed by atoms with Gasteiger partial charge in [-0.15, -0.1) is 0 Å². The Bertz CT molecular complexity index is 755. The molecular formula is C16H13BrClFN2O3. The molecule has 2 N–H and O–H groups in total. The Morgan fingerprint density at radius 1 is 1.17 bits per heavy atom. The number of benzene rings is 2. The van der Waals surface area contributed by atoms with Crippen molar-refractivity contribution in [2.75, 3.05) is 0 Å². The molecule has 0 fully saturated rings. The lowest BCUT2D eigenvalue weighted by Gasteiger charge is -2.15. The lowest BCUT2D eigenvalue weighted by atomic mass is 10.2. The van der Waals surface area contributed by atoms with Crippen LogP contribution in [0.2, 0.25) is 5.02 Å². The number of rotatable bonds is 4. The van der Waals surface area contributed by atoms with Gasteiger partial charge in [0, 0.05) is 4.47 Å². The van der Waals surface area contributed by atoms with Crippen molar-refractivity contribution < 1.29 is 18.7 Å². The summed E-state index contributed by atoms with van der Waals surface area (Å²) in [5, 5.41) is 0.242. The molecule has 126 valence electrons.